The van der Waals surface area contributed by atoms with E-state index in [1.165, 1.54) is 5.69 Å². The maximum absolute atomic E-state index is 5.58. The van der Waals surface area contributed by atoms with Crippen molar-refractivity contribution in [3.8, 4) is 11.5 Å². The van der Waals surface area contributed by atoms with Crippen LogP contribution in [0.4, 0.5) is 10.8 Å². The second-order valence-corrected chi connectivity index (χ2v) is 8.04. The summed E-state index contributed by atoms with van der Waals surface area (Å²) < 4.78 is 12.2. The maximum atomic E-state index is 5.58. The molecule has 0 saturated carbocycles. The van der Waals surface area contributed by atoms with Crippen LogP contribution in [0.15, 0.2) is 42.5 Å². The Morgan fingerprint density at radius 2 is 1.93 bits per heavy atom. The molecule has 1 saturated heterocycles. The summed E-state index contributed by atoms with van der Waals surface area (Å²) in [4.78, 5) is 9.59. The Bertz CT molecular complexity index is 937. The fraction of sp³-hybridized carbons (Fsp3) is 0.409. The summed E-state index contributed by atoms with van der Waals surface area (Å²) in [6.07, 6.45) is 0. The molecule has 154 valence electrons. The van der Waals surface area contributed by atoms with Crippen molar-refractivity contribution in [2.24, 2.45) is 0 Å². The van der Waals surface area contributed by atoms with Crippen LogP contribution in [0, 0.1) is 0 Å². The van der Waals surface area contributed by atoms with E-state index in [9.17, 15) is 0 Å². The minimum Gasteiger partial charge on any atom is -0.495 e. The summed E-state index contributed by atoms with van der Waals surface area (Å²) >= 11 is 1.68. The van der Waals surface area contributed by atoms with E-state index in [2.05, 4.69) is 38.3 Å². The molecule has 1 aliphatic heterocycles. The number of para-hydroxylation sites is 2. The van der Waals surface area contributed by atoms with Gasteiger partial charge in [0.1, 0.15) is 11.5 Å². The first-order valence-corrected chi connectivity index (χ1v) is 11.0. The van der Waals surface area contributed by atoms with Gasteiger partial charge in [-0.15, -0.1) is 0 Å². The monoisotopic (exact) mass is 412 g/mol. The van der Waals surface area contributed by atoms with E-state index in [4.69, 9.17) is 9.47 Å². The molecular weight excluding hydrogens is 384 g/mol. The van der Waals surface area contributed by atoms with Crippen molar-refractivity contribution < 1.29 is 9.47 Å². The summed E-state index contributed by atoms with van der Waals surface area (Å²) in [5.74, 6) is 1.86. The number of thiazole rings is 1. The molecule has 1 fully saturated rings. The summed E-state index contributed by atoms with van der Waals surface area (Å²) in [7, 11) is 1.74. The van der Waals surface area contributed by atoms with E-state index >= 15 is 0 Å². The summed E-state index contributed by atoms with van der Waals surface area (Å²) in [5, 5.41) is 4.46. The van der Waals surface area contributed by atoms with E-state index < -0.39 is 0 Å². The summed E-state index contributed by atoms with van der Waals surface area (Å²) in [6.45, 7) is 8.73. The largest absolute Gasteiger partial charge is 0.495 e. The average Bonchev–Trinajstić information content (AvgIpc) is 3.16. The van der Waals surface area contributed by atoms with Crippen LogP contribution < -0.4 is 19.7 Å². The van der Waals surface area contributed by atoms with Gasteiger partial charge in [0.15, 0.2) is 5.13 Å². The number of benzene rings is 2. The molecule has 2 heterocycles. The predicted octanol–water partition coefficient (Wildman–Crippen LogP) is 3.94. The number of hydrogen-bond acceptors (Lipinski definition) is 7. The number of hydrogen-bond donors (Lipinski definition) is 1. The van der Waals surface area contributed by atoms with Crippen molar-refractivity contribution in [1.82, 2.24) is 9.88 Å². The second-order valence-electron chi connectivity index (χ2n) is 7.01. The average molecular weight is 413 g/mol. The molecule has 0 radical (unpaired) electrons. The highest BCUT2D eigenvalue weighted by molar-refractivity contribution is 7.22. The van der Waals surface area contributed by atoms with Gasteiger partial charge in [0.05, 0.1) is 29.6 Å². The van der Waals surface area contributed by atoms with Gasteiger partial charge in [-0.05, 0) is 37.3 Å². The lowest BCUT2D eigenvalue weighted by Gasteiger charge is -2.36. The lowest BCUT2D eigenvalue weighted by atomic mass is 10.2. The molecule has 1 aliphatic rings. The van der Waals surface area contributed by atoms with Crippen LogP contribution in [0.25, 0.3) is 10.2 Å². The zero-order valence-electron chi connectivity index (χ0n) is 17.1. The molecule has 0 atom stereocenters. The molecule has 0 amide bonds. The fourth-order valence-electron chi connectivity index (χ4n) is 3.66. The Hall–Kier alpha value is -2.51. The van der Waals surface area contributed by atoms with Gasteiger partial charge in [0.2, 0.25) is 0 Å². The summed E-state index contributed by atoms with van der Waals surface area (Å²) in [6, 6.07) is 14.3. The van der Waals surface area contributed by atoms with Gasteiger partial charge >= 0.3 is 0 Å². The van der Waals surface area contributed by atoms with Crippen molar-refractivity contribution in [3.63, 3.8) is 0 Å². The fourth-order valence-corrected chi connectivity index (χ4v) is 4.58. The molecule has 0 unspecified atom stereocenters. The number of nitrogens with one attached hydrogen (secondary N) is 1. The van der Waals surface area contributed by atoms with Crippen molar-refractivity contribution in [2.45, 2.75) is 6.92 Å². The number of aromatic nitrogens is 1. The molecular formula is C22H28N4O2S. The quantitative estimate of drug-likeness (QED) is 0.605. The number of fused-ring (bicyclic) bond motifs is 1. The zero-order valence-corrected chi connectivity index (χ0v) is 17.9. The van der Waals surface area contributed by atoms with Crippen LogP contribution in [0.3, 0.4) is 0 Å². The lowest BCUT2D eigenvalue weighted by Crippen LogP contribution is -2.47. The number of nitrogens with zero attached hydrogens (tertiary/aromatic N) is 3. The Balaban J connectivity index is 1.26. The second kappa shape index (κ2) is 9.33. The van der Waals surface area contributed by atoms with E-state index in [1.807, 2.05) is 31.2 Å². The van der Waals surface area contributed by atoms with E-state index in [0.717, 1.165) is 66.1 Å². The van der Waals surface area contributed by atoms with Gasteiger partial charge in [0, 0.05) is 39.3 Å². The molecule has 3 aromatic rings. The lowest BCUT2D eigenvalue weighted by molar-refractivity contribution is 0.266. The van der Waals surface area contributed by atoms with E-state index in [0.29, 0.717) is 6.61 Å². The van der Waals surface area contributed by atoms with E-state index in [1.54, 1.807) is 18.4 Å². The van der Waals surface area contributed by atoms with Crippen LogP contribution in [0.5, 0.6) is 11.5 Å². The number of methoxy groups -OCH3 is 1. The minimum absolute atomic E-state index is 0.680. The first kappa shape index (κ1) is 19.8. The maximum Gasteiger partial charge on any atom is 0.183 e. The van der Waals surface area contributed by atoms with Crippen molar-refractivity contribution in [2.75, 3.05) is 63.2 Å². The smallest absolute Gasteiger partial charge is 0.183 e. The molecule has 4 rings (SSSR count). The zero-order chi connectivity index (χ0) is 20.1. The Kier molecular flexibility index (Phi) is 6.36. The van der Waals surface area contributed by atoms with Gasteiger partial charge < -0.3 is 19.7 Å². The third-order valence-corrected chi connectivity index (χ3v) is 6.15. The SMILES string of the molecule is CCOc1ccc2nc(NCCN3CCN(c4ccccc4OC)CC3)sc2c1. The highest BCUT2D eigenvalue weighted by Gasteiger charge is 2.19. The molecule has 1 N–H and O–H groups in total. The number of rotatable bonds is 8. The molecule has 7 heteroatoms. The van der Waals surface area contributed by atoms with Crippen LogP contribution in [0.1, 0.15) is 6.92 Å². The van der Waals surface area contributed by atoms with Crippen LogP contribution >= 0.6 is 11.3 Å². The number of ether oxygens (including phenoxy) is 2. The standard InChI is InChI=1S/C22H28N4O2S/c1-3-28-17-8-9-18-21(16-17)29-22(24-18)23-10-11-25-12-14-26(15-13-25)19-6-4-5-7-20(19)27-2/h4-9,16H,3,10-15H2,1-2H3,(H,23,24). The van der Waals surface area contributed by atoms with Crippen LogP contribution in [0.2, 0.25) is 0 Å². The van der Waals surface area contributed by atoms with Crippen molar-refractivity contribution in [1.29, 1.82) is 0 Å². The molecule has 29 heavy (non-hydrogen) atoms. The van der Waals surface area contributed by atoms with Crippen LogP contribution in [-0.2, 0) is 0 Å². The van der Waals surface area contributed by atoms with Gasteiger partial charge in [0.25, 0.3) is 0 Å². The van der Waals surface area contributed by atoms with Crippen LogP contribution in [-0.4, -0.2) is 62.9 Å². The highest BCUT2D eigenvalue weighted by atomic mass is 32.1. The molecule has 2 aromatic carbocycles. The number of anilines is 2. The van der Waals surface area contributed by atoms with Gasteiger partial charge in [-0.25, -0.2) is 4.98 Å². The first-order chi connectivity index (χ1) is 14.3. The molecule has 0 bridgehead atoms. The Labute approximate surface area is 176 Å². The molecule has 6 nitrogen and oxygen atoms in total. The van der Waals surface area contributed by atoms with Crippen molar-refractivity contribution in [3.05, 3.63) is 42.5 Å². The molecule has 0 aliphatic carbocycles. The third kappa shape index (κ3) is 4.74. The Morgan fingerprint density at radius 3 is 2.72 bits per heavy atom. The van der Waals surface area contributed by atoms with Gasteiger partial charge in [-0.2, -0.15) is 0 Å². The minimum atomic E-state index is 0.680. The van der Waals surface area contributed by atoms with Crippen molar-refractivity contribution >= 4 is 32.4 Å². The van der Waals surface area contributed by atoms with Gasteiger partial charge in [-0.1, -0.05) is 23.5 Å². The highest BCUT2D eigenvalue weighted by Crippen LogP contribution is 2.30. The van der Waals surface area contributed by atoms with E-state index in [-0.39, 0.29) is 0 Å². The van der Waals surface area contributed by atoms with Gasteiger partial charge in [-0.3, -0.25) is 4.90 Å². The molecule has 1 aromatic heterocycles. The topological polar surface area (TPSA) is 49.9 Å². The number of piperazine rings is 1. The first-order valence-electron chi connectivity index (χ1n) is 10.1. The normalized spacial score (nSPS) is 14.9. The predicted molar refractivity (Wildman–Crippen MR) is 121 cm³/mol. The molecule has 0 spiro atoms. The Morgan fingerprint density at radius 1 is 1.10 bits per heavy atom. The summed E-state index contributed by atoms with van der Waals surface area (Å²) in [5.41, 5.74) is 2.21. The third-order valence-electron chi connectivity index (χ3n) is 5.17.